The third kappa shape index (κ3) is 2.39. The highest BCUT2D eigenvalue weighted by atomic mass is 19.1. The van der Waals surface area contributed by atoms with Crippen molar-refractivity contribution < 1.29 is 8.78 Å². The second-order valence-corrected chi connectivity index (χ2v) is 8.81. The molecule has 1 N–H and O–H groups in total. The van der Waals surface area contributed by atoms with E-state index in [2.05, 4.69) is 39.1 Å². The monoisotopic (exact) mass is 355 g/mol. The van der Waals surface area contributed by atoms with Crippen molar-refractivity contribution >= 4 is 11.6 Å². The lowest BCUT2D eigenvalue weighted by molar-refractivity contribution is 0.0984. The van der Waals surface area contributed by atoms with E-state index in [-0.39, 0.29) is 11.0 Å². The second kappa shape index (κ2) is 5.80. The molecule has 4 rings (SSSR count). The fourth-order valence-corrected chi connectivity index (χ4v) is 5.50. The van der Waals surface area contributed by atoms with Crippen LogP contribution in [0.4, 0.5) is 8.78 Å². The lowest BCUT2D eigenvalue weighted by atomic mass is 9.54. The zero-order chi connectivity index (χ0) is 18.7. The fourth-order valence-electron chi connectivity index (χ4n) is 5.50. The molecule has 1 heterocycles. The van der Waals surface area contributed by atoms with Crippen molar-refractivity contribution in [1.29, 1.82) is 0 Å². The van der Waals surface area contributed by atoms with E-state index in [0.717, 1.165) is 30.9 Å². The minimum Gasteiger partial charge on any atom is -0.385 e. The minimum absolute atomic E-state index is 0.169. The lowest BCUT2D eigenvalue weighted by Crippen LogP contribution is -2.62. The molecule has 26 heavy (non-hydrogen) atoms. The Morgan fingerprint density at radius 2 is 1.96 bits per heavy atom. The first-order chi connectivity index (χ1) is 12.2. The van der Waals surface area contributed by atoms with Crippen molar-refractivity contribution in [3.63, 3.8) is 0 Å². The van der Waals surface area contributed by atoms with E-state index in [1.165, 1.54) is 11.6 Å². The summed E-state index contributed by atoms with van der Waals surface area (Å²) in [6.45, 7) is 9.03. The van der Waals surface area contributed by atoms with Gasteiger partial charge in [-0.1, -0.05) is 31.6 Å². The van der Waals surface area contributed by atoms with Crippen LogP contribution in [0.15, 0.2) is 36.1 Å². The quantitative estimate of drug-likeness (QED) is 0.746. The molecule has 0 spiro atoms. The van der Waals surface area contributed by atoms with Gasteiger partial charge in [0.25, 0.3) is 0 Å². The molecule has 0 fully saturated rings. The summed E-state index contributed by atoms with van der Waals surface area (Å²) in [4.78, 5) is 0. The Kier molecular flexibility index (Phi) is 3.91. The second-order valence-electron chi connectivity index (χ2n) is 8.81. The zero-order valence-corrected chi connectivity index (χ0v) is 16.0. The molecule has 3 unspecified atom stereocenters. The first-order valence-electron chi connectivity index (χ1n) is 9.56. The van der Waals surface area contributed by atoms with Gasteiger partial charge in [0.1, 0.15) is 11.6 Å². The molecule has 0 aromatic heterocycles. The highest BCUT2D eigenvalue weighted by Gasteiger charge is 2.52. The van der Waals surface area contributed by atoms with Crippen LogP contribution in [0.3, 0.4) is 0 Å². The van der Waals surface area contributed by atoms with Gasteiger partial charge < -0.3 is 5.32 Å². The van der Waals surface area contributed by atoms with Gasteiger partial charge in [0, 0.05) is 22.2 Å². The zero-order valence-electron chi connectivity index (χ0n) is 16.0. The van der Waals surface area contributed by atoms with Gasteiger partial charge in [-0.25, -0.2) is 8.78 Å². The maximum Gasteiger partial charge on any atom is 0.133 e. The lowest BCUT2D eigenvalue weighted by Gasteiger charge is -2.56. The Morgan fingerprint density at radius 3 is 2.69 bits per heavy atom. The molecule has 3 heteroatoms. The van der Waals surface area contributed by atoms with Crippen molar-refractivity contribution in [2.75, 3.05) is 0 Å². The van der Waals surface area contributed by atoms with Crippen LogP contribution in [-0.2, 0) is 0 Å². The molecule has 1 nitrogen and oxygen atoms in total. The molecule has 1 aromatic rings. The van der Waals surface area contributed by atoms with Gasteiger partial charge in [-0.15, -0.1) is 0 Å². The van der Waals surface area contributed by atoms with Gasteiger partial charge in [0.2, 0.25) is 0 Å². The first kappa shape index (κ1) is 17.5. The Balaban J connectivity index is 1.91. The standard InChI is InChI=1S/C23H27F2N/c1-14-9-15(2)11-16(10-14)23(4)22(3)7-5-18-19(20(22)6-8-26-23)12-17(24)13-21(18)25/h5-6,8-9,12-14,16,26H,7,10-11H2,1-4H3/t14?,16?,22-,23?/m1/s1. The van der Waals surface area contributed by atoms with E-state index in [4.69, 9.17) is 0 Å². The van der Waals surface area contributed by atoms with E-state index >= 15 is 0 Å². The van der Waals surface area contributed by atoms with Crippen LogP contribution in [0, 0.1) is 28.9 Å². The summed E-state index contributed by atoms with van der Waals surface area (Å²) in [5, 5.41) is 4.92. The molecule has 1 aromatic carbocycles. The average molecular weight is 355 g/mol. The normalized spacial score (nSPS) is 35.8. The molecule has 1 aliphatic heterocycles. The highest BCUT2D eigenvalue weighted by molar-refractivity contribution is 5.69. The van der Waals surface area contributed by atoms with Crippen LogP contribution >= 0.6 is 0 Å². The number of allylic oxidation sites excluding steroid dienone is 3. The fraction of sp³-hybridized carbons (Fsp3) is 0.478. The topological polar surface area (TPSA) is 12.0 Å². The summed E-state index contributed by atoms with van der Waals surface area (Å²) >= 11 is 0. The van der Waals surface area contributed by atoms with Crippen LogP contribution in [0.1, 0.15) is 47.0 Å². The van der Waals surface area contributed by atoms with Crippen LogP contribution < -0.4 is 15.8 Å². The van der Waals surface area contributed by atoms with Gasteiger partial charge >= 0.3 is 0 Å². The predicted octanol–water partition coefficient (Wildman–Crippen LogP) is 4.17. The molecular weight excluding hydrogens is 328 g/mol. The number of nitrogens with one attached hydrogen (secondary N) is 1. The SMILES string of the molecule is CC1=CC(C)CC(C2(C)NC=CC3=c4cc(F)cc(F)c4=CC[C@]32C)C1. The number of rotatable bonds is 1. The summed E-state index contributed by atoms with van der Waals surface area (Å²) in [5.41, 5.74) is 2.11. The van der Waals surface area contributed by atoms with Crippen molar-refractivity contribution in [2.45, 2.75) is 52.5 Å². The maximum absolute atomic E-state index is 14.3. The Morgan fingerprint density at radius 1 is 1.19 bits per heavy atom. The van der Waals surface area contributed by atoms with Crippen molar-refractivity contribution in [1.82, 2.24) is 5.32 Å². The summed E-state index contributed by atoms with van der Waals surface area (Å²) in [6, 6.07) is 2.48. The highest BCUT2D eigenvalue weighted by Crippen LogP contribution is 2.53. The molecule has 4 atom stereocenters. The van der Waals surface area contributed by atoms with Crippen molar-refractivity contribution in [3.8, 4) is 0 Å². The first-order valence-corrected chi connectivity index (χ1v) is 9.56. The van der Waals surface area contributed by atoms with E-state index in [0.29, 0.717) is 22.3 Å². The number of hydrogen-bond donors (Lipinski definition) is 1. The van der Waals surface area contributed by atoms with Crippen molar-refractivity contribution in [3.05, 3.63) is 58.1 Å². The molecule has 0 amide bonds. The van der Waals surface area contributed by atoms with Crippen molar-refractivity contribution in [2.24, 2.45) is 17.3 Å². The van der Waals surface area contributed by atoms with E-state index < -0.39 is 11.6 Å². The van der Waals surface area contributed by atoms with Crippen LogP contribution in [0.2, 0.25) is 0 Å². The number of fused-ring (bicyclic) bond motifs is 2. The summed E-state index contributed by atoms with van der Waals surface area (Å²) in [6.07, 6.45) is 11.3. The molecule has 2 aliphatic carbocycles. The number of hydrogen-bond acceptors (Lipinski definition) is 1. The molecule has 0 radical (unpaired) electrons. The van der Waals surface area contributed by atoms with Gasteiger partial charge in [0.05, 0.1) is 0 Å². The van der Waals surface area contributed by atoms with Gasteiger partial charge in [-0.05, 0) is 74.1 Å². The van der Waals surface area contributed by atoms with Gasteiger partial charge in [0.15, 0.2) is 0 Å². The number of benzene rings is 1. The van der Waals surface area contributed by atoms with E-state index in [1.807, 2.05) is 18.4 Å². The summed E-state index contributed by atoms with van der Waals surface area (Å²) < 4.78 is 28.3. The minimum atomic E-state index is -0.509. The summed E-state index contributed by atoms with van der Waals surface area (Å²) in [5.74, 6) is 0.0548. The van der Waals surface area contributed by atoms with Crippen LogP contribution in [0.25, 0.3) is 11.6 Å². The molecule has 138 valence electrons. The van der Waals surface area contributed by atoms with E-state index in [9.17, 15) is 8.78 Å². The Labute approximate surface area is 154 Å². The average Bonchev–Trinajstić information content (AvgIpc) is 2.55. The molecule has 3 aliphatic rings. The largest absolute Gasteiger partial charge is 0.385 e. The number of halogens is 2. The molecule has 0 saturated heterocycles. The van der Waals surface area contributed by atoms with Crippen LogP contribution in [-0.4, -0.2) is 5.54 Å². The molecule has 0 bridgehead atoms. The van der Waals surface area contributed by atoms with Gasteiger partial charge in [-0.2, -0.15) is 0 Å². The third-order valence-corrected chi connectivity index (χ3v) is 7.08. The summed E-state index contributed by atoms with van der Waals surface area (Å²) in [7, 11) is 0. The third-order valence-electron chi connectivity index (χ3n) is 7.08. The Bertz CT molecular complexity index is 942. The van der Waals surface area contributed by atoms with Gasteiger partial charge in [-0.3, -0.25) is 0 Å². The predicted molar refractivity (Wildman–Crippen MR) is 103 cm³/mol. The Hall–Kier alpha value is -1.90. The van der Waals surface area contributed by atoms with E-state index in [1.54, 1.807) is 0 Å². The molecule has 0 saturated carbocycles. The van der Waals surface area contributed by atoms with Crippen LogP contribution in [0.5, 0.6) is 0 Å². The maximum atomic E-state index is 14.3. The smallest absolute Gasteiger partial charge is 0.133 e. The molecular formula is C23H27F2N.